The molecule has 1 saturated carbocycles. The fourth-order valence-corrected chi connectivity index (χ4v) is 4.78. The Morgan fingerprint density at radius 3 is 2.10 bits per heavy atom. The number of amides is 1. The quantitative estimate of drug-likeness (QED) is 0.835. The molecule has 1 amide bonds. The summed E-state index contributed by atoms with van der Waals surface area (Å²) in [5, 5.41) is 3.90. The Morgan fingerprint density at radius 2 is 1.62 bits per heavy atom. The molecule has 4 heteroatoms. The maximum absolute atomic E-state index is 11.0. The van der Waals surface area contributed by atoms with Crippen LogP contribution in [0.15, 0.2) is 0 Å². The van der Waals surface area contributed by atoms with E-state index in [9.17, 15) is 4.79 Å². The summed E-state index contributed by atoms with van der Waals surface area (Å²) in [4.78, 5) is 13.1. The molecule has 2 rings (SSSR count). The molecule has 4 nitrogen and oxygen atoms in total. The number of hydrogen-bond donors (Lipinski definition) is 2. The van der Waals surface area contributed by atoms with E-state index in [1.54, 1.807) is 0 Å². The van der Waals surface area contributed by atoms with Crippen molar-refractivity contribution in [1.29, 1.82) is 0 Å². The van der Waals surface area contributed by atoms with Crippen molar-refractivity contribution in [2.24, 2.45) is 16.6 Å². The molecule has 1 heterocycles. The van der Waals surface area contributed by atoms with Crippen molar-refractivity contribution in [3.8, 4) is 0 Å². The van der Waals surface area contributed by atoms with Gasteiger partial charge in [0.2, 0.25) is 5.91 Å². The van der Waals surface area contributed by atoms with E-state index in [1.165, 1.54) is 19.3 Å². The smallest absolute Gasteiger partial charge is 0.231 e. The van der Waals surface area contributed by atoms with Crippen molar-refractivity contribution < 1.29 is 4.79 Å². The van der Waals surface area contributed by atoms with Crippen molar-refractivity contribution in [3.05, 3.63) is 0 Å². The molecule has 0 aromatic carbocycles. The number of likely N-dealkylation sites (tertiary alicyclic amines) is 1. The van der Waals surface area contributed by atoms with Crippen molar-refractivity contribution in [1.82, 2.24) is 10.2 Å². The number of nitrogens with one attached hydrogen (secondary N) is 1. The van der Waals surface area contributed by atoms with Gasteiger partial charge in [-0.2, -0.15) is 0 Å². The number of primary amides is 1. The normalized spacial score (nSPS) is 27.6. The Bertz CT molecular complexity index is 354. The molecule has 1 aliphatic heterocycles. The van der Waals surface area contributed by atoms with Crippen molar-refractivity contribution in [3.63, 3.8) is 0 Å². The first-order chi connectivity index (χ1) is 9.65. The van der Waals surface area contributed by atoms with E-state index in [1.807, 2.05) is 0 Å². The van der Waals surface area contributed by atoms with Gasteiger partial charge >= 0.3 is 0 Å². The topological polar surface area (TPSA) is 58.4 Å². The molecule has 2 aliphatic rings. The lowest BCUT2D eigenvalue weighted by atomic mass is 9.63. The van der Waals surface area contributed by atoms with Crippen LogP contribution in [0.25, 0.3) is 0 Å². The van der Waals surface area contributed by atoms with Crippen LogP contribution in [0, 0.1) is 10.8 Å². The minimum Gasteiger partial charge on any atom is -0.369 e. The second kappa shape index (κ2) is 6.25. The Morgan fingerprint density at radius 1 is 1.10 bits per heavy atom. The first-order valence-electron chi connectivity index (χ1n) is 8.42. The highest BCUT2D eigenvalue weighted by Crippen LogP contribution is 2.45. The van der Waals surface area contributed by atoms with Crippen LogP contribution in [-0.2, 0) is 4.79 Å². The number of rotatable bonds is 4. The summed E-state index contributed by atoms with van der Waals surface area (Å²) < 4.78 is 0. The van der Waals surface area contributed by atoms with Gasteiger partial charge in [-0.1, -0.05) is 27.7 Å². The summed E-state index contributed by atoms with van der Waals surface area (Å²) in [6, 6.07) is 1.24. The summed E-state index contributed by atoms with van der Waals surface area (Å²) in [6.45, 7) is 12.0. The van der Waals surface area contributed by atoms with Crippen LogP contribution in [0.2, 0.25) is 0 Å². The van der Waals surface area contributed by atoms with Gasteiger partial charge in [0.25, 0.3) is 0 Å². The lowest BCUT2D eigenvalue weighted by Gasteiger charge is -2.46. The molecule has 1 aliphatic carbocycles. The van der Waals surface area contributed by atoms with E-state index in [0.29, 0.717) is 29.5 Å². The molecule has 0 radical (unpaired) electrons. The van der Waals surface area contributed by atoms with E-state index in [0.717, 1.165) is 25.9 Å². The van der Waals surface area contributed by atoms with Gasteiger partial charge in [-0.25, -0.2) is 0 Å². The highest BCUT2D eigenvalue weighted by molar-refractivity contribution is 5.75. The summed E-state index contributed by atoms with van der Waals surface area (Å²) in [5.74, 6) is -0.211. The second-order valence-corrected chi connectivity index (χ2v) is 8.79. The van der Waals surface area contributed by atoms with Gasteiger partial charge in [-0.15, -0.1) is 0 Å². The summed E-state index contributed by atoms with van der Waals surface area (Å²) in [5.41, 5.74) is 6.14. The Labute approximate surface area is 129 Å². The maximum Gasteiger partial charge on any atom is 0.231 e. The highest BCUT2D eigenvalue weighted by atomic mass is 16.1. The maximum atomic E-state index is 11.0. The first-order valence-corrected chi connectivity index (χ1v) is 8.42. The molecular formula is C17H33N3O. The molecule has 0 aromatic rings. The first kappa shape index (κ1) is 16.8. The third kappa shape index (κ3) is 5.26. The van der Waals surface area contributed by atoms with Crippen LogP contribution in [0.5, 0.6) is 0 Å². The number of nitrogens with two attached hydrogens (primary N) is 1. The fourth-order valence-electron chi connectivity index (χ4n) is 4.78. The van der Waals surface area contributed by atoms with E-state index in [-0.39, 0.29) is 5.91 Å². The van der Waals surface area contributed by atoms with Crippen molar-refractivity contribution >= 4 is 5.91 Å². The lowest BCUT2D eigenvalue weighted by molar-refractivity contribution is -0.119. The van der Waals surface area contributed by atoms with E-state index >= 15 is 0 Å². The summed E-state index contributed by atoms with van der Waals surface area (Å²) >= 11 is 0. The standard InChI is InChI=1S/C17H33N3O/c1-16(2)9-14(10-17(3,4)12-16)19-13-5-7-20(8-6-13)11-15(18)21/h13-14,19H,5-12H2,1-4H3,(H2,18,21). The van der Waals surface area contributed by atoms with Crippen LogP contribution in [0.4, 0.5) is 0 Å². The number of carbonyl (C=O) groups is 1. The van der Waals surface area contributed by atoms with Gasteiger partial charge in [0.1, 0.15) is 0 Å². The van der Waals surface area contributed by atoms with Gasteiger partial charge in [-0.3, -0.25) is 9.69 Å². The van der Waals surface area contributed by atoms with Crippen LogP contribution in [0.3, 0.4) is 0 Å². The average molecular weight is 295 g/mol. The van der Waals surface area contributed by atoms with Crippen LogP contribution in [-0.4, -0.2) is 42.5 Å². The SMILES string of the molecule is CC1(C)CC(NC2CCN(CC(N)=O)CC2)CC(C)(C)C1. The lowest BCUT2D eigenvalue weighted by Crippen LogP contribution is -2.51. The molecular weight excluding hydrogens is 262 g/mol. The molecule has 1 saturated heterocycles. The number of piperidine rings is 1. The third-order valence-electron chi connectivity index (χ3n) is 4.99. The van der Waals surface area contributed by atoms with E-state index < -0.39 is 0 Å². The molecule has 0 aromatic heterocycles. The van der Waals surface area contributed by atoms with Crippen LogP contribution in [0.1, 0.15) is 59.8 Å². The van der Waals surface area contributed by atoms with Crippen LogP contribution < -0.4 is 11.1 Å². The monoisotopic (exact) mass is 295 g/mol. The molecule has 0 unspecified atom stereocenters. The zero-order valence-corrected chi connectivity index (χ0v) is 14.2. The van der Waals surface area contributed by atoms with Crippen molar-refractivity contribution in [2.75, 3.05) is 19.6 Å². The zero-order chi connectivity index (χ0) is 15.7. The molecule has 0 spiro atoms. The van der Waals surface area contributed by atoms with Gasteiger partial charge in [0.05, 0.1) is 6.54 Å². The van der Waals surface area contributed by atoms with Gasteiger partial charge in [-0.05, 0) is 42.9 Å². The average Bonchev–Trinajstić information content (AvgIpc) is 2.26. The number of carbonyl (C=O) groups excluding carboxylic acids is 1. The predicted molar refractivity (Wildman–Crippen MR) is 87.0 cm³/mol. The van der Waals surface area contributed by atoms with Crippen LogP contribution >= 0.6 is 0 Å². The minimum absolute atomic E-state index is 0.211. The van der Waals surface area contributed by atoms with Gasteiger partial charge in [0.15, 0.2) is 0 Å². The Hall–Kier alpha value is -0.610. The molecule has 0 atom stereocenters. The predicted octanol–water partition coefficient (Wildman–Crippen LogP) is 2.13. The largest absolute Gasteiger partial charge is 0.369 e. The Balaban J connectivity index is 1.81. The molecule has 2 fully saturated rings. The zero-order valence-electron chi connectivity index (χ0n) is 14.2. The second-order valence-electron chi connectivity index (χ2n) is 8.79. The summed E-state index contributed by atoms with van der Waals surface area (Å²) in [7, 11) is 0. The fraction of sp³-hybridized carbons (Fsp3) is 0.941. The molecule has 122 valence electrons. The highest BCUT2D eigenvalue weighted by Gasteiger charge is 2.39. The van der Waals surface area contributed by atoms with Gasteiger partial charge in [0, 0.05) is 25.2 Å². The van der Waals surface area contributed by atoms with Crippen molar-refractivity contribution in [2.45, 2.75) is 71.9 Å². The van der Waals surface area contributed by atoms with Gasteiger partial charge < -0.3 is 11.1 Å². The molecule has 21 heavy (non-hydrogen) atoms. The third-order valence-corrected chi connectivity index (χ3v) is 4.99. The number of hydrogen-bond acceptors (Lipinski definition) is 3. The molecule has 0 bridgehead atoms. The van der Waals surface area contributed by atoms with E-state index in [4.69, 9.17) is 5.73 Å². The molecule has 3 N–H and O–H groups in total. The minimum atomic E-state index is -0.211. The summed E-state index contributed by atoms with van der Waals surface area (Å²) in [6.07, 6.45) is 6.13. The van der Waals surface area contributed by atoms with E-state index in [2.05, 4.69) is 37.9 Å². The Kier molecular flexibility index (Phi) is 4.99. The number of nitrogens with zero attached hydrogens (tertiary/aromatic N) is 1.